The molecule has 1 amide bonds. The van der Waals surface area contributed by atoms with Crippen molar-refractivity contribution < 1.29 is 32.3 Å². The molecule has 0 bridgehead atoms. The van der Waals surface area contributed by atoms with Crippen LogP contribution in [0.5, 0.6) is 0 Å². The molecule has 2 aromatic rings. The van der Waals surface area contributed by atoms with Crippen molar-refractivity contribution in [2.24, 2.45) is 16.8 Å². The van der Waals surface area contributed by atoms with E-state index in [1.807, 2.05) is 42.5 Å². The second-order valence-electron chi connectivity index (χ2n) is 8.73. The highest BCUT2D eigenvalue weighted by Gasteiger charge is 2.59. The van der Waals surface area contributed by atoms with Crippen molar-refractivity contribution in [3.63, 3.8) is 0 Å². The molecule has 1 saturated carbocycles. The van der Waals surface area contributed by atoms with Gasteiger partial charge in [-0.1, -0.05) is 42.5 Å². The Morgan fingerprint density at radius 3 is 2.38 bits per heavy atom. The van der Waals surface area contributed by atoms with Crippen molar-refractivity contribution in [1.82, 2.24) is 10.2 Å². The standard InChI is InChI=1S/C22H22FN3O.C2HF3O2/c23-18-8-6-15(7-9-18)12-26-13-17-10-11-22(19(17)14-26)21(27)24-20(25-22)16-4-2-1-3-5-16;3-2(4,5)1(6)7/h1-9,17,19H,10-14H2,(H,24,25,27);(H,6,7)/t17-,19+,22-;/m1./s1. The topological polar surface area (TPSA) is 82.0 Å². The van der Waals surface area contributed by atoms with E-state index in [0.29, 0.717) is 11.8 Å². The molecule has 2 aliphatic heterocycles. The SMILES string of the molecule is O=C(O)C(F)(F)F.O=C1NC(c2ccccc2)=N[C@@]12CC[C@@H]1CN(Cc3ccc(F)cc3)C[C@@H]12. The number of nitrogens with zero attached hydrogens (tertiary/aromatic N) is 2. The van der Waals surface area contributed by atoms with Crippen LogP contribution in [0, 0.1) is 17.7 Å². The van der Waals surface area contributed by atoms with Crippen molar-refractivity contribution in [2.75, 3.05) is 13.1 Å². The van der Waals surface area contributed by atoms with Crippen molar-refractivity contribution in [2.45, 2.75) is 31.1 Å². The first-order valence-corrected chi connectivity index (χ1v) is 10.8. The lowest BCUT2D eigenvalue weighted by molar-refractivity contribution is -0.192. The summed E-state index contributed by atoms with van der Waals surface area (Å²) < 4.78 is 44.9. The summed E-state index contributed by atoms with van der Waals surface area (Å²) in [4.78, 5) is 29.2. The normalized spacial score (nSPS) is 26.0. The van der Waals surface area contributed by atoms with Gasteiger partial charge in [0, 0.05) is 31.1 Å². The van der Waals surface area contributed by atoms with Crippen LogP contribution in [0.3, 0.4) is 0 Å². The Balaban J connectivity index is 0.000000344. The van der Waals surface area contributed by atoms with Crippen molar-refractivity contribution >= 4 is 17.7 Å². The number of hydrogen-bond donors (Lipinski definition) is 2. The number of rotatable bonds is 3. The van der Waals surface area contributed by atoms with Crippen molar-refractivity contribution in [3.8, 4) is 0 Å². The highest BCUT2D eigenvalue weighted by atomic mass is 19.4. The Morgan fingerprint density at radius 1 is 1.12 bits per heavy atom. The monoisotopic (exact) mass is 477 g/mol. The first-order valence-electron chi connectivity index (χ1n) is 10.8. The molecule has 3 aliphatic rings. The molecular formula is C24H23F4N3O3. The van der Waals surface area contributed by atoms with Crippen LogP contribution in [-0.4, -0.2) is 52.5 Å². The maximum atomic E-state index is 13.1. The van der Waals surface area contributed by atoms with Crippen LogP contribution >= 0.6 is 0 Å². The van der Waals surface area contributed by atoms with Gasteiger partial charge in [0.1, 0.15) is 17.2 Å². The summed E-state index contributed by atoms with van der Waals surface area (Å²) in [6.45, 7) is 2.63. The molecule has 1 saturated heterocycles. The molecule has 6 nitrogen and oxygen atoms in total. The summed E-state index contributed by atoms with van der Waals surface area (Å²) >= 11 is 0. The Morgan fingerprint density at radius 2 is 1.76 bits per heavy atom. The van der Waals surface area contributed by atoms with Gasteiger partial charge in [0.05, 0.1) is 0 Å². The lowest BCUT2D eigenvalue weighted by Gasteiger charge is -2.25. The molecular weight excluding hydrogens is 454 g/mol. The van der Waals surface area contributed by atoms with Gasteiger partial charge in [-0.3, -0.25) is 14.7 Å². The highest BCUT2D eigenvalue weighted by molar-refractivity contribution is 6.15. The molecule has 0 aromatic heterocycles. The van der Waals surface area contributed by atoms with Gasteiger partial charge in [-0.2, -0.15) is 13.2 Å². The number of amidine groups is 1. The Labute approximate surface area is 193 Å². The number of halogens is 4. The Hall–Kier alpha value is -3.27. The number of benzene rings is 2. The van der Waals surface area contributed by atoms with E-state index in [4.69, 9.17) is 14.9 Å². The number of carboxylic acid groups (broad SMARTS) is 1. The molecule has 0 unspecified atom stereocenters. The van der Waals surface area contributed by atoms with E-state index in [2.05, 4.69) is 10.2 Å². The molecule has 1 aliphatic carbocycles. The molecule has 2 N–H and O–H groups in total. The minimum atomic E-state index is -5.08. The summed E-state index contributed by atoms with van der Waals surface area (Å²) in [6.07, 6.45) is -3.22. The second-order valence-corrected chi connectivity index (χ2v) is 8.73. The first-order chi connectivity index (χ1) is 16.1. The average molecular weight is 477 g/mol. The van der Waals surface area contributed by atoms with E-state index < -0.39 is 17.7 Å². The number of aliphatic carboxylic acids is 1. The van der Waals surface area contributed by atoms with E-state index >= 15 is 0 Å². The Kier molecular flexibility index (Phi) is 6.44. The summed E-state index contributed by atoms with van der Waals surface area (Å²) in [5.41, 5.74) is 1.45. The maximum absolute atomic E-state index is 13.1. The number of likely N-dealkylation sites (tertiary alicyclic amines) is 1. The molecule has 0 radical (unpaired) electrons. The fourth-order valence-electron chi connectivity index (χ4n) is 5.01. The number of nitrogens with one attached hydrogen (secondary N) is 1. The number of carbonyl (C=O) groups is 2. The molecule has 3 atom stereocenters. The van der Waals surface area contributed by atoms with E-state index in [1.54, 1.807) is 0 Å². The smallest absolute Gasteiger partial charge is 0.475 e. The molecule has 180 valence electrons. The van der Waals surface area contributed by atoms with Gasteiger partial charge >= 0.3 is 12.1 Å². The van der Waals surface area contributed by atoms with E-state index in [9.17, 15) is 22.4 Å². The van der Waals surface area contributed by atoms with Crippen LogP contribution in [-0.2, 0) is 16.1 Å². The van der Waals surface area contributed by atoms with Crippen LogP contribution in [0.2, 0.25) is 0 Å². The Bertz CT molecular complexity index is 1090. The molecule has 2 aromatic carbocycles. The van der Waals surface area contributed by atoms with Gasteiger partial charge in [0.25, 0.3) is 5.91 Å². The molecule has 2 heterocycles. The largest absolute Gasteiger partial charge is 0.490 e. The van der Waals surface area contributed by atoms with Crippen molar-refractivity contribution in [1.29, 1.82) is 0 Å². The minimum absolute atomic E-state index is 0.0532. The van der Waals surface area contributed by atoms with Gasteiger partial charge in [-0.15, -0.1) is 0 Å². The van der Waals surface area contributed by atoms with Crippen LogP contribution in [0.1, 0.15) is 24.0 Å². The van der Waals surface area contributed by atoms with Gasteiger partial charge in [0.2, 0.25) is 0 Å². The number of fused-ring (bicyclic) bond motifs is 2. The van der Waals surface area contributed by atoms with Gasteiger partial charge < -0.3 is 10.4 Å². The summed E-state index contributed by atoms with van der Waals surface area (Å²) in [7, 11) is 0. The zero-order valence-electron chi connectivity index (χ0n) is 18.1. The van der Waals surface area contributed by atoms with Crippen LogP contribution < -0.4 is 5.32 Å². The lowest BCUT2D eigenvalue weighted by atomic mass is 9.85. The molecule has 1 spiro atoms. The number of carboxylic acids is 1. The van der Waals surface area contributed by atoms with Gasteiger partial charge in [-0.25, -0.2) is 9.18 Å². The third kappa shape index (κ3) is 4.82. The molecule has 34 heavy (non-hydrogen) atoms. The van der Waals surface area contributed by atoms with Crippen LogP contribution in [0.4, 0.5) is 17.6 Å². The minimum Gasteiger partial charge on any atom is -0.475 e. The average Bonchev–Trinajstić information content (AvgIpc) is 3.45. The molecule has 5 rings (SSSR count). The number of amides is 1. The predicted octanol–water partition coefficient (Wildman–Crippen LogP) is 3.62. The fraction of sp³-hybridized carbons (Fsp3) is 0.375. The summed E-state index contributed by atoms with van der Waals surface area (Å²) in [5, 5.41) is 10.2. The quantitative estimate of drug-likeness (QED) is 0.662. The van der Waals surface area contributed by atoms with E-state index in [0.717, 1.165) is 43.6 Å². The number of hydrogen-bond acceptors (Lipinski definition) is 4. The fourth-order valence-corrected chi connectivity index (χ4v) is 5.01. The lowest BCUT2D eigenvalue weighted by Crippen LogP contribution is -2.44. The highest BCUT2D eigenvalue weighted by Crippen LogP contribution is 2.49. The van der Waals surface area contributed by atoms with Crippen molar-refractivity contribution in [3.05, 3.63) is 71.5 Å². The number of alkyl halides is 3. The van der Waals surface area contributed by atoms with Gasteiger partial charge in [0.15, 0.2) is 0 Å². The second kappa shape index (κ2) is 9.17. The van der Waals surface area contributed by atoms with Crippen LogP contribution in [0.25, 0.3) is 0 Å². The van der Waals surface area contributed by atoms with E-state index in [-0.39, 0.29) is 17.6 Å². The maximum Gasteiger partial charge on any atom is 0.490 e. The summed E-state index contributed by atoms with van der Waals surface area (Å²) in [6, 6.07) is 16.6. The predicted molar refractivity (Wildman–Crippen MR) is 115 cm³/mol. The first kappa shape index (κ1) is 23.9. The van der Waals surface area contributed by atoms with Gasteiger partial charge in [-0.05, 0) is 36.5 Å². The van der Waals surface area contributed by atoms with Crippen LogP contribution in [0.15, 0.2) is 59.6 Å². The number of aliphatic imine (C=N–C) groups is 1. The zero-order valence-corrected chi connectivity index (χ0v) is 18.1. The zero-order chi connectivity index (χ0) is 24.5. The summed E-state index contributed by atoms with van der Waals surface area (Å²) in [5.74, 6) is -1.46. The van der Waals surface area contributed by atoms with E-state index in [1.165, 1.54) is 12.1 Å². The molecule has 2 fully saturated rings. The molecule has 10 heteroatoms. The number of carbonyl (C=O) groups excluding carboxylic acids is 1. The third-order valence-corrected chi connectivity index (χ3v) is 6.57. The third-order valence-electron chi connectivity index (χ3n) is 6.57.